The molecular weight excluding hydrogens is 909 g/mol. The highest BCUT2D eigenvalue weighted by molar-refractivity contribution is 5.81. The fourth-order valence-corrected chi connectivity index (χ4v) is 14.5. The minimum atomic E-state index is -1.12. The van der Waals surface area contributed by atoms with Gasteiger partial charge in [0.15, 0.2) is 5.60 Å². The van der Waals surface area contributed by atoms with Crippen LogP contribution in [-0.4, -0.2) is 5.97 Å². The van der Waals surface area contributed by atoms with Crippen LogP contribution in [0.5, 0.6) is 0 Å². The van der Waals surface area contributed by atoms with E-state index in [4.69, 9.17) is 4.74 Å². The van der Waals surface area contributed by atoms with Crippen LogP contribution in [0.1, 0.15) is 323 Å². The summed E-state index contributed by atoms with van der Waals surface area (Å²) in [5.41, 5.74) is 0.995. The molecule has 0 aliphatic heterocycles. The number of hydrogen-bond donors (Lipinski definition) is 0. The Morgan fingerprint density at radius 1 is 0.333 bits per heavy atom. The van der Waals surface area contributed by atoms with Crippen molar-refractivity contribution in [1.29, 1.82) is 0 Å². The summed E-state index contributed by atoms with van der Waals surface area (Å²) in [5.74, 6) is 1.15. The number of benzene rings is 3. The lowest BCUT2D eigenvalue weighted by molar-refractivity contribution is -0.209. The maximum atomic E-state index is 17.8. The van der Waals surface area contributed by atoms with Crippen LogP contribution in [0, 0.1) is 34.5 Å². The number of esters is 1. The van der Waals surface area contributed by atoms with Gasteiger partial charge in [-0.3, -0.25) is 4.79 Å². The molecule has 75 heavy (non-hydrogen) atoms. The van der Waals surface area contributed by atoms with Crippen molar-refractivity contribution in [3.63, 3.8) is 0 Å². The minimum absolute atomic E-state index is 0.0940. The predicted octanol–water partition coefficient (Wildman–Crippen LogP) is 24.0. The molecule has 3 aromatic rings. The van der Waals surface area contributed by atoms with Gasteiger partial charge >= 0.3 is 5.97 Å². The Morgan fingerprint density at radius 2 is 0.573 bits per heavy atom. The molecule has 3 aromatic carbocycles. The third-order valence-electron chi connectivity index (χ3n) is 18.9. The number of ether oxygens (including phenoxy) is 1. The normalized spacial score (nSPS) is 15.2. The van der Waals surface area contributed by atoms with E-state index in [9.17, 15) is 0 Å². The predicted molar refractivity (Wildman–Crippen MR) is 331 cm³/mol. The Hall–Kier alpha value is -2.87. The summed E-state index contributed by atoms with van der Waals surface area (Å²) in [5, 5.41) is 0. The van der Waals surface area contributed by atoms with E-state index in [1.54, 1.807) is 0 Å². The summed E-state index contributed by atoms with van der Waals surface area (Å²) >= 11 is 0. The molecule has 0 spiro atoms. The van der Waals surface area contributed by atoms with Crippen molar-refractivity contribution in [3.05, 3.63) is 108 Å². The average Bonchev–Trinajstić information content (AvgIpc) is 3.43. The van der Waals surface area contributed by atoms with Gasteiger partial charge in [0.1, 0.15) is 0 Å². The first-order valence-electron chi connectivity index (χ1n) is 33.1. The summed E-state index contributed by atoms with van der Waals surface area (Å²) in [7, 11) is 0. The third-order valence-corrected chi connectivity index (χ3v) is 18.9. The number of unbranched alkanes of at least 4 members (excludes halogenated alkanes) is 28. The minimum Gasteiger partial charge on any atom is -0.444 e. The maximum absolute atomic E-state index is 17.8. The number of rotatable bonds is 48. The van der Waals surface area contributed by atoms with Gasteiger partial charge in [-0.05, 0) is 48.3 Å². The monoisotopic (exact) mass is 1030 g/mol. The van der Waals surface area contributed by atoms with Crippen molar-refractivity contribution < 1.29 is 9.53 Å². The first kappa shape index (κ1) is 66.4. The van der Waals surface area contributed by atoms with E-state index >= 15 is 4.79 Å². The van der Waals surface area contributed by atoms with Gasteiger partial charge in [-0.1, -0.05) is 378 Å². The van der Waals surface area contributed by atoms with Gasteiger partial charge in [-0.2, -0.15) is 0 Å². The highest BCUT2D eigenvalue weighted by Crippen LogP contribution is 2.66. The molecule has 4 atom stereocenters. The van der Waals surface area contributed by atoms with Gasteiger partial charge in [0, 0.05) is 16.7 Å². The molecule has 4 unspecified atom stereocenters. The zero-order chi connectivity index (χ0) is 54.3. The topological polar surface area (TPSA) is 26.3 Å². The molecular formula is C73H122O2. The fraction of sp³-hybridized carbons (Fsp3) is 0.740. The maximum Gasteiger partial charge on any atom is 0.314 e. The molecule has 2 nitrogen and oxygen atoms in total. The first-order chi connectivity index (χ1) is 36.7. The van der Waals surface area contributed by atoms with E-state index < -0.39 is 11.0 Å². The van der Waals surface area contributed by atoms with Crippen LogP contribution in [0.25, 0.3) is 0 Å². The van der Waals surface area contributed by atoms with E-state index in [0.29, 0.717) is 11.8 Å². The molecule has 426 valence electrons. The van der Waals surface area contributed by atoms with Gasteiger partial charge in [-0.25, -0.2) is 0 Å². The van der Waals surface area contributed by atoms with Crippen molar-refractivity contribution in [1.82, 2.24) is 0 Å². The second-order valence-corrected chi connectivity index (χ2v) is 24.5. The van der Waals surface area contributed by atoms with E-state index in [-0.39, 0.29) is 23.2 Å². The van der Waals surface area contributed by atoms with Gasteiger partial charge < -0.3 is 4.74 Å². The zero-order valence-corrected chi connectivity index (χ0v) is 51.2. The summed E-state index contributed by atoms with van der Waals surface area (Å²) in [6.45, 7) is 22.2. The highest BCUT2D eigenvalue weighted by Gasteiger charge is 2.66. The van der Waals surface area contributed by atoms with Crippen molar-refractivity contribution >= 4 is 5.97 Å². The average molecular weight is 1030 g/mol. The quantitative estimate of drug-likeness (QED) is 0.0320. The van der Waals surface area contributed by atoms with Crippen molar-refractivity contribution in [2.75, 3.05) is 0 Å². The van der Waals surface area contributed by atoms with Gasteiger partial charge in [0.2, 0.25) is 0 Å². The van der Waals surface area contributed by atoms with E-state index in [0.717, 1.165) is 36.0 Å². The van der Waals surface area contributed by atoms with Crippen LogP contribution in [-0.2, 0) is 15.1 Å². The lowest BCUT2D eigenvalue weighted by atomic mass is 9.42. The van der Waals surface area contributed by atoms with Crippen LogP contribution >= 0.6 is 0 Å². The Balaban J connectivity index is 2.50. The molecule has 0 heterocycles. The summed E-state index contributed by atoms with van der Waals surface area (Å²) in [6, 6.07) is 32.6. The SMILES string of the molecule is CCCCCCCCCCCC(C(C)CCCCCCCC)(C(C)CCCCCCCC)C(C(=O)OC(c1ccccc1)(c1ccccc1)c1ccccc1)(C(C)CCCCCCCC)C(C)CCCCCCCC. The van der Waals surface area contributed by atoms with Crippen molar-refractivity contribution in [2.24, 2.45) is 34.5 Å². The number of carbonyl (C=O) groups is 1. The van der Waals surface area contributed by atoms with Gasteiger partial charge in [0.25, 0.3) is 0 Å². The Kier molecular flexibility index (Phi) is 35.7. The molecule has 0 aliphatic carbocycles. The lowest BCUT2D eigenvalue weighted by Crippen LogP contribution is -2.62. The van der Waals surface area contributed by atoms with E-state index in [2.05, 4.69) is 153 Å². The summed E-state index contributed by atoms with van der Waals surface area (Å²) < 4.78 is 8.12. The van der Waals surface area contributed by atoms with Crippen molar-refractivity contribution in [2.45, 2.75) is 312 Å². The number of carbonyl (C=O) groups excluding carboxylic acids is 1. The Bertz CT molecular complexity index is 1620. The largest absolute Gasteiger partial charge is 0.444 e. The second kappa shape index (κ2) is 40.3. The molecule has 0 aromatic heterocycles. The molecule has 0 amide bonds. The Morgan fingerprint density at radius 3 is 0.853 bits per heavy atom. The molecule has 0 bridgehead atoms. The van der Waals surface area contributed by atoms with Crippen LogP contribution in [0.15, 0.2) is 91.0 Å². The van der Waals surface area contributed by atoms with Crippen LogP contribution in [0.2, 0.25) is 0 Å². The first-order valence-corrected chi connectivity index (χ1v) is 33.1. The molecule has 0 fully saturated rings. The standard InChI is InChI=1S/C73H122O2/c1-10-15-20-25-30-31-32-37-51-62-71(63(6)52-41-33-26-21-16-11-2,64(7)53-42-34-27-22-17-12-3)72(65(8)54-43-35-28-23-18-13-4,66(9)55-44-36-29-24-19-14-5)70(74)75-73(67-56-45-38-46-57-67,68-58-47-39-48-59-68)69-60-49-40-50-61-69/h38-40,45-50,56-61,63-66H,10-37,41-44,51-55,62H2,1-9H3. The third kappa shape index (κ3) is 21.0. The molecule has 3 rings (SSSR count). The molecule has 0 radical (unpaired) electrons. The molecule has 0 saturated carbocycles. The molecule has 0 aliphatic rings. The smallest absolute Gasteiger partial charge is 0.314 e. The van der Waals surface area contributed by atoms with E-state index in [1.165, 1.54) is 225 Å². The van der Waals surface area contributed by atoms with Crippen LogP contribution < -0.4 is 0 Å². The second-order valence-electron chi connectivity index (χ2n) is 24.5. The Labute approximate surface area is 467 Å². The zero-order valence-electron chi connectivity index (χ0n) is 51.2. The van der Waals surface area contributed by atoms with Gasteiger partial charge in [-0.15, -0.1) is 0 Å². The summed E-state index contributed by atoms with van der Waals surface area (Å²) in [6.07, 6.45) is 48.3. The fourth-order valence-electron chi connectivity index (χ4n) is 14.5. The molecule has 0 saturated heterocycles. The summed E-state index contributed by atoms with van der Waals surface area (Å²) in [4.78, 5) is 17.8. The number of hydrogen-bond acceptors (Lipinski definition) is 2. The van der Waals surface area contributed by atoms with Crippen molar-refractivity contribution in [3.8, 4) is 0 Å². The molecule has 2 heteroatoms. The molecule has 0 N–H and O–H groups in total. The highest BCUT2D eigenvalue weighted by atomic mass is 16.6. The van der Waals surface area contributed by atoms with E-state index in [1.807, 2.05) is 0 Å². The van der Waals surface area contributed by atoms with Crippen LogP contribution in [0.3, 0.4) is 0 Å². The lowest BCUT2D eigenvalue weighted by Gasteiger charge is -2.62. The van der Waals surface area contributed by atoms with Gasteiger partial charge in [0.05, 0.1) is 5.41 Å². The van der Waals surface area contributed by atoms with Crippen LogP contribution in [0.4, 0.5) is 0 Å².